The first kappa shape index (κ1) is 13.4. The van der Waals surface area contributed by atoms with Crippen LogP contribution >= 0.6 is 0 Å². The molecule has 1 aromatic carbocycles. The minimum absolute atomic E-state index is 0.0115. The molecule has 3 N–H and O–H groups in total. The van der Waals surface area contributed by atoms with Gasteiger partial charge in [0.05, 0.1) is 32.6 Å². The number of anilines is 1. The second-order valence-electron chi connectivity index (χ2n) is 3.93. The third-order valence-electron chi connectivity index (χ3n) is 2.53. The molecule has 0 bridgehead atoms. The highest BCUT2D eigenvalue weighted by atomic mass is 19.1. The summed E-state index contributed by atoms with van der Waals surface area (Å²) < 4.78 is 19.9. The molecule has 0 atom stereocenters. The van der Waals surface area contributed by atoms with Gasteiger partial charge in [0.15, 0.2) is 0 Å². The van der Waals surface area contributed by atoms with E-state index in [2.05, 4.69) is 10.3 Å². The van der Waals surface area contributed by atoms with Crippen LogP contribution in [-0.2, 0) is 11.3 Å². The summed E-state index contributed by atoms with van der Waals surface area (Å²) in [5.41, 5.74) is 7.25. The van der Waals surface area contributed by atoms with Gasteiger partial charge in [0.2, 0.25) is 0 Å². The maximum atomic E-state index is 13.2. The first-order chi connectivity index (χ1) is 9.20. The zero-order valence-electron chi connectivity index (χ0n) is 10.3. The monoisotopic (exact) mass is 266 g/mol. The van der Waals surface area contributed by atoms with E-state index < -0.39 is 0 Å². The Balaban J connectivity index is 2.06. The van der Waals surface area contributed by atoms with Crippen LogP contribution in [0.1, 0.15) is 0 Å². The number of nitrogen functional groups attached to an aromatic ring is 1. The van der Waals surface area contributed by atoms with Crippen molar-refractivity contribution in [3.05, 3.63) is 30.2 Å². The van der Waals surface area contributed by atoms with Crippen LogP contribution in [0.25, 0.3) is 11.3 Å². The molecule has 0 saturated heterocycles. The minimum Gasteiger partial charge on any atom is -0.398 e. The van der Waals surface area contributed by atoms with E-state index in [9.17, 15) is 4.39 Å². The number of hydrogen-bond acceptors (Lipinski definition) is 5. The van der Waals surface area contributed by atoms with Crippen molar-refractivity contribution >= 4 is 5.69 Å². The smallest absolute Gasteiger partial charge is 0.124 e. The Labute approximate surface area is 109 Å². The molecule has 0 aliphatic rings. The van der Waals surface area contributed by atoms with E-state index in [1.54, 1.807) is 10.9 Å². The van der Waals surface area contributed by atoms with Crippen molar-refractivity contribution in [2.45, 2.75) is 6.54 Å². The highest BCUT2D eigenvalue weighted by Crippen LogP contribution is 2.24. The van der Waals surface area contributed by atoms with E-state index in [1.165, 1.54) is 18.2 Å². The molecule has 0 aliphatic carbocycles. The first-order valence-corrected chi connectivity index (χ1v) is 5.85. The fraction of sp³-hybridized carbons (Fsp3) is 0.333. The van der Waals surface area contributed by atoms with Gasteiger partial charge in [-0.1, -0.05) is 5.21 Å². The third kappa shape index (κ3) is 3.49. The summed E-state index contributed by atoms with van der Waals surface area (Å²) >= 11 is 0. The number of rotatable bonds is 6. The number of aliphatic hydroxyl groups excluding tert-OH is 1. The molecule has 0 aliphatic heterocycles. The predicted octanol–water partition coefficient (Wildman–Crippen LogP) is 0.675. The Bertz CT molecular complexity index is 544. The van der Waals surface area contributed by atoms with Gasteiger partial charge in [0.25, 0.3) is 0 Å². The standard InChI is InChI=1S/C12H15FN4O2/c13-9-1-2-11(14)10(7-9)12-8-17(16-15-12)3-5-19-6-4-18/h1-2,7-8,18H,3-6,14H2. The Morgan fingerprint density at radius 2 is 2.21 bits per heavy atom. The van der Waals surface area contributed by atoms with Crippen LogP contribution in [0, 0.1) is 5.82 Å². The number of nitrogens with zero attached hydrogens (tertiary/aromatic N) is 3. The van der Waals surface area contributed by atoms with E-state index in [-0.39, 0.29) is 12.4 Å². The van der Waals surface area contributed by atoms with E-state index in [4.69, 9.17) is 15.6 Å². The summed E-state index contributed by atoms with van der Waals surface area (Å²) in [7, 11) is 0. The highest BCUT2D eigenvalue weighted by Gasteiger charge is 2.08. The van der Waals surface area contributed by atoms with Gasteiger partial charge in [-0.25, -0.2) is 9.07 Å². The molecule has 0 unspecified atom stereocenters. The number of halogens is 1. The summed E-state index contributed by atoms with van der Waals surface area (Å²) in [6.07, 6.45) is 1.67. The van der Waals surface area contributed by atoms with Crippen LogP contribution < -0.4 is 5.73 Å². The van der Waals surface area contributed by atoms with Crippen molar-refractivity contribution in [2.75, 3.05) is 25.6 Å². The second-order valence-corrected chi connectivity index (χ2v) is 3.93. The molecule has 7 heteroatoms. The van der Waals surface area contributed by atoms with Crippen molar-refractivity contribution in [1.29, 1.82) is 0 Å². The Hall–Kier alpha value is -1.99. The number of benzene rings is 1. The quantitative estimate of drug-likeness (QED) is 0.593. The zero-order valence-corrected chi connectivity index (χ0v) is 10.3. The minimum atomic E-state index is -0.370. The third-order valence-corrected chi connectivity index (χ3v) is 2.53. The van der Waals surface area contributed by atoms with Crippen LogP contribution in [0.15, 0.2) is 24.4 Å². The molecular formula is C12H15FN4O2. The van der Waals surface area contributed by atoms with Gasteiger partial charge in [-0.15, -0.1) is 5.10 Å². The van der Waals surface area contributed by atoms with Crippen LogP contribution in [0.4, 0.5) is 10.1 Å². The van der Waals surface area contributed by atoms with Crippen LogP contribution in [0.5, 0.6) is 0 Å². The first-order valence-electron chi connectivity index (χ1n) is 5.85. The average Bonchev–Trinajstić information content (AvgIpc) is 2.86. The average molecular weight is 266 g/mol. The lowest BCUT2D eigenvalue weighted by atomic mass is 10.1. The topological polar surface area (TPSA) is 86.2 Å². The molecule has 1 heterocycles. The van der Waals surface area contributed by atoms with Gasteiger partial charge in [-0.2, -0.15) is 0 Å². The van der Waals surface area contributed by atoms with Crippen LogP contribution in [-0.4, -0.2) is 39.9 Å². The summed E-state index contributed by atoms with van der Waals surface area (Å²) in [5.74, 6) is -0.370. The van der Waals surface area contributed by atoms with E-state index in [0.717, 1.165) is 0 Å². The van der Waals surface area contributed by atoms with Crippen LogP contribution in [0.3, 0.4) is 0 Å². The molecule has 2 rings (SSSR count). The van der Waals surface area contributed by atoms with Crippen molar-refractivity contribution in [3.8, 4) is 11.3 Å². The van der Waals surface area contributed by atoms with Gasteiger partial charge in [0.1, 0.15) is 11.5 Å². The molecule has 0 radical (unpaired) electrons. The summed E-state index contributed by atoms with van der Waals surface area (Å²) in [6, 6.07) is 4.12. The number of aromatic nitrogens is 3. The van der Waals surface area contributed by atoms with Gasteiger partial charge >= 0.3 is 0 Å². The Morgan fingerprint density at radius 3 is 3.00 bits per heavy atom. The lowest BCUT2D eigenvalue weighted by molar-refractivity contribution is 0.0851. The Kier molecular flexibility index (Phi) is 4.43. The van der Waals surface area contributed by atoms with Gasteiger partial charge < -0.3 is 15.6 Å². The molecule has 2 aromatic rings. The predicted molar refractivity (Wildman–Crippen MR) is 67.7 cm³/mol. The summed E-state index contributed by atoms with van der Waals surface area (Å²) in [5, 5.41) is 16.4. The van der Waals surface area contributed by atoms with Crippen molar-refractivity contribution in [1.82, 2.24) is 15.0 Å². The fourth-order valence-corrected chi connectivity index (χ4v) is 1.61. The molecule has 19 heavy (non-hydrogen) atoms. The maximum absolute atomic E-state index is 13.2. The molecule has 1 aromatic heterocycles. The molecule has 0 amide bonds. The van der Waals surface area contributed by atoms with Crippen molar-refractivity contribution in [3.63, 3.8) is 0 Å². The lowest BCUT2D eigenvalue weighted by Gasteiger charge is -2.02. The van der Waals surface area contributed by atoms with Gasteiger partial charge in [-0.05, 0) is 18.2 Å². The molecule has 0 fully saturated rings. The van der Waals surface area contributed by atoms with Crippen molar-refractivity contribution in [2.24, 2.45) is 0 Å². The fourth-order valence-electron chi connectivity index (χ4n) is 1.61. The van der Waals surface area contributed by atoms with Gasteiger partial charge in [-0.3, -0.25) is 0 Å². The zero-order chi connectivity index (χ0) is 13.7. The van der Waals surface area contributed by atoms with Crippen molar-refractivity contribution < 1.29 is 14.2 Å². The number of nitrogens with two attached hydrogens (primary N) is 1. The summed E-state index contributed by atoms with van der Waals surface area (Å²) in [6.45, 7) is 1.20. The van der Waals surface area contributed by atoms with Crippen LogP contribution in [0.2, 0.25) is 0 Å². The molecule has 6 nitrogen and oxygen atoms in total. The summed E-state index contributed by atoms with van der Waals surface area (Å²) in [4.78, 5) is 0. The maximum Gasteiger partial charge on any atom is 0.124 e. The van der Waals surface area contributed by atoms with Gasteiger partial charge in [0, 0.05) is 11.3 Å². The lowest BCUT2D eigenvalue weighted by Crippen LogP contribution is -2.08. The van der Waals surface area contributed by atoms with E-state index >= 15 is 0 Å². The number of ether oxygens (including phenoxy) is 1. The molecular weight excluding hydrogens is 251 g/mol. The highest BCUT2D eigenvalue weighted by molar-refractivity contribution is 5.72. The van der Waals surface area contributed by atoms with E-state index in [1.807, 2.05) is 0 Å². The molecule has 0 spiro atoms. The number of hydrogen-bond donors (Lipinski definition) is 2. The largest absolute Gasteiger partial charge is 0.398 e. The Morgan fingerprint density at radius 1 is 1.37 bits per heavy atom. The SMILES string of the molecule is Nc1ccc(F)cc1-c1cn(CCOCCO)nn1. The normalized spacial score (nSPS) is 10.8. The molecule has 0 saturated carbocycles. The van der Waals surface area contributed by atoms with E-state index in [0.29, 0.717) is 36.7 Å². The second kappa shape index (κ2) is 6.26. The molecule has 102 valence electrons. The number of aliphatic hydroxyl groups is 1.